The Hall–Kier alpha value is -2.36. The van der Waals surface area contributed by atoms with Gasteiger partial charge in [-0.1, -0.05) is 13.8 Å². The van der Waals surface area contributed by atoms with Crippen LogP contribution in [0, 0.1) is 5.92 Å². The number of alkyl halides is 3. The van der Waals surface area contributed by atoms with Gasteiger partial charge in [0.2, 0.25) is 0 Å². The van der Waals surface area contributed by atoms with Crippen LogP contribution in [-0.2, 0) is 10.9 Å². The number of halogens is 3. The van der Waals surface area contributed by atoms with Crippen LogP contribution >= 0.6 is 11.3 Å². The van der Waals surface area contributed by atoms with Gasteiger partial charge in [-0.15, -0.1) is 11.3 Å². The molecule has 30 heavy (non-hydrogen) atoms. The summed E-state index contributed by atoms with van der Waals surface area (Å²) in [6, 6.07) is 1.09. The number of likely N-dealkylation sites (tertiary alicyclic amines) is 1. The molecule has 0 radical (unpaired) electrons. The SMILES string of the molecule is CNC(=O)c1csc2c(C(F)(F)F)cc(C3CCN(C(=O)OCC(C)C)CC3)nc12. The first kappa shape index (κ1) is 22.3. The molecule has 0 aromatic carbocycles. The number of thiophene rings is 1. The molecule has 3 rings (SSSR count). The molecule has 1 aliphatic rings. The Morgan fingerprint density at radius 3 is 2.57 bits per heavy atom. The highest BCUT2D eigenvalue weighted by Crippen LogP contribution is 2.41. The minimum atomic E-state index is -4.55. The molecule has 3 heterocycles. The average molecular weight is 443 g/mol. The summed E-state index contributed by atoms with van der Waals surface area (Å²) in [4.78, 5) is 30.2. The number of rotatable bonds is 4. The number of hydrogen-bond donors (Lipinski definition) is 1. The summed E-state index contributed by atoms with van der Waals surface area (Å²) in [7, 11) is 1.43. The van der Waals surface area contributed by atoms with Crippen LogP contribution in [0.4, 0.5) is 18.0 Å². The van der Waals surface area contributed by atoms with Crippen molar-refractivity contribution in [3.63, 3.8) is 0 Å². The summed E-state index contributed by atoms with van der Waals surface area (Å²) in [6.45, 7) is 4.98. The number of aromatic nitrogens is 1. The van der Waals surface area contributed by atoms with Crippen molar-refractivity contribution >= 4 is 33.6 Å². The van der Waals surface area contributed by atoms with E-state index in [1.807, 2.05) is 13.8 Å². The van der Waals surface area contributed by atoms with Crippen molar-refractivity contribution in [2.24, 2.45) is 5.92 Å². The molecule has 0 saturated carbocycles. The zero-order valence-corrected chi connectivity index (χ0v) is 17.8. The predicted octanol–water partition coefficient (Wildman–Crippen LogP) is 4.65. The molecule has 10 heteroatoms. The van der Waals surface area contributed by atoms with Crippen LogP contribution < -0.4 is 5.32 Å². The molecule has 0 atom stereocenters. The third-order valence-corrected chi connectivity index (χ3v) is 6.03. The molecule has 0 spiro atoms. The normalized spacial score (nSPS) is 15.6. The lowest BCUT2D eigenvalue weighted by Crippen LogP contribution is -2.38. The zero-order chi connectivity index (χ0) is 22.1. The van der Waals surface area contributed by atoms with Gasteiger partial charge in [0.1, 0.15) is 0 Å². The Morgan fingerprint density at radius 2 is 2.00 bits per heavy atom. The van der Waals surface area contributed by atoms with E-state index in [9.17, 15) is 22.8 Å². The third-order valence-electron chi connectivity index (χ3n) is 5.03. The van der Waals surface area contributed by atoms with Gasteiger partial charge in [0.05, 0.1) is 28.0 Å². The highest BCUT2D eigenvalue weighted by Gasteiger charge is 2.36. The molecule has 1 saturated heterocycles. The van der Waals surface area contributed by atoms with E-state index < -0.39 is 23.7 Å². The fraction of sp³-hybridized carbons (Fsp3) is 0.550. The highest BCUT2D eigenvalue weighted by molar-refractivity contribution is 7.17. The molecule has 0 aliphatic carbocycles. The lowest BCUT2D eigenvalue weighted by Gasteiger charge is -2.31. The standard InChI is InChI=1S/C20H24F3N3O3S/c1-11(2)9-29-19(28)26-6-4-12(5-7-26)15-8-14(20(21,22)23)17-16(25-15)13(10-30-17)18(27)24-3/h8,10-12H,4-7,9H2,1-3H3,(H,24,27). The van der Waals surface area contributed by atoms with Crippen LogP contribution in [0.5, 0.6) is 0 Å². The molecule has 1 N–H and O–H groups in total. The second kappa shape index (κ2) is 8.79. The fourth-order valence-corrected chi connectivity index (χ4v) is 4.45. The fourth-order valence-electron chi connectivity index (χ4n) is 3.43. The first-order valence-electron chi connectivity index (χ1n) is 9.75. The summed E-state index contributed by atoms with van der Waals surface area (Å²) in [5.74, 6) is -0.479. The van der Waals surface area contributed by atoms with Crippen molar-refractivity contribution in [2.45, 2.75) is 38.8 Å². The van der Waals surface area contributed by atoms with Crippen LogP contribution in [0.3, 0.4) is 0 Å². The van der Waals surface area contributed by atoms with Crippen molar-refractivity contribution in [1.82, 2.24) is 15.2 Å². The number of amides is 2. The van der Waals surface area contributed by atoms with Gasteiger partial charge in [-0.25, -0.2) is 4.79 Å². The summed E-state index contributed by atoms with van der Waals surface area (Å²) >= 11 is 0.866. The monoisotopic (exact) mass is 443 g/mol. The van der Waals surface area contributed by atoms with Gasteiger partial charge in [-0.2, -0.15) is 13.2 Å². The van der Waals surface area contributed by atoms with Gasteiger partial charge in [-0.05, 0) is 24.8 Å². The van der Waals surface area contributed by atoms with Crippen molar-refractivity contribution < 1.29 is 27.5 Å². The van der Waals surface area contributed by atoms with Crippen LogP contribution in [-0.4, -0.2) is 48.6 Å². The number of carbonyl (C=O) groups is 2. The van der Waals surface area contributed by atoms with Gasteiger partial charge >= 0.3 is 12.3 Å². The van der Waals surface area contributed by atoms with Crippen LogP contribution in [0.25, 0.3) is 10.2 Å². The quantitative estimate of drug-likeness (QED) is 0.747. The summed E-state index contributed by atoms with van der Waals surface area (Å²) in [5, 5.41) is 3.85. The number of ether oxygens (including phenoxy) is 1. The summed E-state index contributed by atoms with van der Waals surface area (Å²) in [6.07, 6.45) is -4.00. The Balaban J connectivity index is 1.86. The van der Waals surface area contributed by atoms with Gasteiger partial charge in [0.15, 0.2) is 0 Å². The van der Waals surface area contributed by atoms with Crippen molar-refractivity contribution in [2.75, 3.05) is 26.7 Å². The number of piperidine rings is 1. The van der Waals surface area contributed by atoms with E-state index in [0.717, 1.165) is 17.4 Å². The molecular formula is C20H24F3N3O3S. The van der Waals surface area contributed by atoms with Crippen molar-refractivity contribution in [3.8, 4) is 0 Å². The van der Waals surface area contributed by atoms with Gasteiger partial charge < -0.3 is 15.0 Å². The Kier molecular flexibility index (Phi) is 6.54. The molecule has 1 fully saturated rings. The first-order chi connectivity index (χ1) is 14.1. The van der Waals surface area contributed by atoms with E-state index in [1.54, 1.807) is 4.90 Å². The maximum absolute atomic E-state index is 13.7. The van der Waals surface area contributed by atoms with Crippen LogP contribution in [0.15, 0.2) is 11.4 Å². The van der Waals surface area contributed by atoms with Gasteiger partial charge in [-0.3, -0.25) is 9.78 Å². The molecule has 2 amide bonds. The minimum absolute atomic E-state index is 0.0421. The molecule has 0 bridgehead atoms. The summed E-state index contributed by atoms with van der Waals surface area (Å²) in [5.41, 5.74) is -0.266. The maximum Gasteiger partial charge on any atom is 0.417 e. The molecule has 1 aliphatic heterocycles. The van der Waals surface area contributed by atoms with Crippen LogP contribution in [0.2, 0.25) is 0 Å². The van der Waals surface area contributed by atoms with Gasteiger partial charge in [0, 0.05) is 37.1 Å². The lowest BCUT2D eigenvalue weighted by atomic mass is 9.92. The summed E-state index contributed by atoms with van der Waals surface area (Å²) < 4.78 is 46.2. The highest BCUT2D eigenvalue weighted by atomic mass is 32.1. The molecule has 2 aromatic heterocycles. The number of fused-ring (bicyclic) bond motifs is 1. The zero-order valence-electron chi connectivity index (χ0n) is 17.0. The number of hydrogen-bond acceptors (Lipinski definition) is 5. The maximum atomic E-state index is 13.7. The lowest BCUT2D eigenvalue weighted by molar-refractivity contribution is -0.136. The molecule has 164 valence electrons. The van der Waals surface area contributed by atoms with E-state index in [4.69, 9.17) is 4.74 Å². The van der Waals surface area contributed by atoms with E-state index in [1.165, 1.54) is 12.4 Å². The van der Waals surface area contributed by atoms with E-state index >= 15 is 0 Å². The Labute approximate surface area is 176 Å². The largest absolute Gasteiger partial charge is 0.449 e. The molecule has 0 unspecified atom stereocenters. The van der Waals surface area contributed by atoms with Crippen LogP contribution in [0.1, 0.15) is 54.2 Å². The van der Waals surface area contributed by atoms with E-state index in [-0.39, 0.29) is 27.6 Å². The van der Waals surface area contributed by atoms with Crippen molar-refractivity contribution in [3.05, 3.63) is 28.3 Å². The predicted molar refractivity (Wildman–Crippen MR) is 108 cm³/mol. The number of pyridine rings is 1. The Bertz CT molecular complexity index is 935. The second-order valence-corrected chi connectivity index (χ2v) is 8.61. The topological polar surface area (TPSA) is 71.5 Å². The minimum Gasteiger partial charge on any atom is -0.449 e. The molecule has 2 aromatic rings. The van der Waals surface area contributed by atoms with Gasteiger partial charge in [0.25, 0.3) is 5.91 Å². The number of carbonyl (C=O) groups excluding carboxylic acids is 2. The average Bonchev–Trinajstić information content (AvgIpc) is 3.14. The number of nitrogens with zero attached hydrogens (tertiary/aromatic N) is 2. The van der Waals surface area contributed by atoms with E-state index in [2.05, 4.69) is 10.3 Å². The van der Waals surface area contributed by atoms with E-state index in [0.29, 0.717) is 38.2 Å². The third kappa shape index (κ3) is 4.69. The number of nitrogens with one attached hydrogen (secondary N) is 1. The molecular weight excluding hydrogens is 419 g/mol. The second-order valence-electron chi connectivity index (χ2n) is 7.73. The smallest absolute Gasteiger partial charge is 0.417 e. The Morgan fingerprint density at radius 1 is 1.33 bits per heavy atom. The van der Waals surface area contributed by atoms with Crippen molar-refractivity contribution in [1.29, 1.82) is 0 Å². The first-order valence-corrected chi connectivity index (χ1v) is 10.6. The molecule has 6 nitrogen and oxygen atoms in total.